The second kappa shape index (κ2) is 9.48. The fourth-order valence-corrected chi connectivity index (χ4v) is 3.43. The van der Waals surface area contributed by atoms with E-state index in [2.05, 4.69) is 52.1 Å². The van der Waals surface area contributed by atoms with Crippen LogP contribution >= 0.6 is 11.6 Å². The Bertz CT molecular complexity index is 422. The van der Waals surface area contributed by atoms with E-state index in [0.29, 0.717) is 12.0 Å². The molecule has 0 aliphatic carbocycles. The molecule has 0 bridgehead atoms. The van der Waals surface area contributed by atoms with E-state index < -0.39 is 0 Å². The number of halogens is 1. The highest BCUT2D eigenvalue weighted by atomic mass is 35.5. The van der Waals surface area contributed by atoms with Gasteiger partial charge >= 0.3 is 0 Å². The molecule has 1 nitrogen and oxygen atoms in total. The van der Waals surface area contributed by atoms with Crippen LogP contribution in [0.2, 0.25) is 5.02 Å². The molecule has 0 fully saturated rings. The summed E-state index contributed by atoms with van der Waals surface area (Å²) < 4.78 is 0. The fraction of sp³-hybridized carbons (Fsp3) is 0.684. The van der Waals surface area contributed by atoms with Crippen LogP contribution in [0.3, 0.4) is 0 Å². The van der Waals surface area contributed by atoms with Gasteiger partial charge in [0.1, 0.15) is 0 Å². The SMILES string of the molecule is CCCNC(c1cc(C)c(C)cc1Cl)C(CCC)CCC. The first-order valence-corrected chi connectivity index (χ1v) is 8.92. The Morgan fingerprint density at radius 1 is 0.952 bits per heavy atom. The third kappa shape index (κ3) is 5.30. The minimum absolute atomic E-state index is 0.386. The number of hydrogen-bond donors (Lipinski definition) is 1. The summed E-state index contributed by atoms with van der Waals surface area (Å²) in [6, 6.07) is 4.81. The average Bonchev–Trinajstić information content (AvgIpc) is 2.44. The van der Waals surface area contributed by atoms with E-state index in [1.165, 1.54) is 42.4 Å². The maximum absolute atomic E-state index is 6.58. The largest absolute Gasteiger partial charge is 0.310 e. The zero-order valence-electron chi connectivity index (χ0n) is 14.4. The topological polar surface area (TPSA) is 12.0 Å². The second-order valence-corrected chi connectivity index (χ2v) is 6.63. The lowest BCUT2D eigenvalue weighted by molar-refractivity contribution is 0.316. The van der Waals surface area contributed by atoms with Crippen molar-refractivity contribution in [2.45, 2.75) is 72.8 Å². The van der Waals surface area contributed by atoms with Gasteiger partial charge in [0.15, 0.2) is 0 Å². The molecule has 1 rings (SSSR count). The standard InChI is InChI=1S/C19H32ClN/c1-6-9-16(10-7-2)19(21-11-8-3)17-12-14(4)15(5)13-18(17)20/h12-13,16,19,21H,6-11H2,1-5H3. The van der Waals surface area contributed by atoms with Crippen molar-refractivity contribution in [2.24, 2.45) is 5.92 Å². The third-order valence-corrected chi connectivity index (χ3v) is 4.68. The molecule has 1 N–H and O–H groups in total. The van der Waals surface area contributed by atoms with Gasteiger partial charge in [0.2, 0.25) is 0 Å². The van der Waals surface area contributed by atoms with Crippen molar-refractivity contribution in [3.05, 3.63) is 33.8 Å². The van der Waals surface area contributed by atoms with Gasteiger partial charge in [0.25, 0.3) is 0 Å². The molecular weight excluding hydrogens is 278 g/mol. The molecule has 1 atom stereocenters. The number of hydrogen-bond acceptors (Lipinski definition) is 1. The summed E-state index contributed by atoms with van der Waals surface area (Å²) in [6.45, 7) is 12.2. The molecule has 0 aliphatic heterocycles. The van der Waals surface area contributed by atoms with Gasteiger partial charge < -0.3 is 5.32 Å². The maximum atomic E-state index is 6.58. The first-order chi connectivity index (χ1) is 10.0. The monoisotopic (exact) mass is 309 g/mol. The van der Waals surface area contributed by atoms with Crippen molar-refractivity contribution in [3.63, 3.8) is 0 Å². The lowest BCUT2D eigenvalue weighted by atomic mass is 9.85. The van der Waals surface area contributed by atoms with Crippen LogP contribution in [-0.2, 0) is 0 Å². The Kier molecular flexibility index (Phi) is 8.36. The van der Waals surface area contributed by atoms with Gasteiger partial charge in [-0.1, -0.05) is 51.3 Å². The summed E-state index contributed by atoms with van der Waals surface area (Å²) in [5, 5.41) is 4.68. The molecule has 1 aromatic rings. The Morgan fingerprint density at radius 2 is 1.52 bits per heavy atom. The Hall–Kier alpha value is -0.530. The van der Waals surface area contributed by atoms with Crippen LogP contribution in [0.25, 0.3) is 0 Å². The molecule has 0 aromatic heterocycles. The van der Waals surface area contributed by atoms with Crippen LogP contribution in [0.4, 0.5) is 0 Å². The van der Waals surface area contributed by atoms with E-state index >= 15 is 0 Å². The minimum Gasteiger partial charge on any atom is -0.310 e. The molecule has 0 saturated heterocycles. The van der Waals surface area contributed by atoms with Crippen molar-refractivity contribution in [3.8, 4) is 0 Å². The van der Waals surface area contributed by atoms with E-state index in [0.717, 1.165) is 18.0 Å². The molecule has 0 radical (unpaired) electrons. The summed E-state index contributed by atoms with van der Waals surface area (Å²) in [7, 11) is 0. The normalized spacial score (nSPS) is 12.9. The average molecular weight is 310 g/mol. The Balaban J connectivity index is 3.13. The van der Waals surface area contributed by atoms with E-state index in [4.69, 9.17) is 11.6 Å². The smallest absolute Gasteiger partial charge is 0.0456 e. The Labute approximate surface area is 136 Å². The fourth-order valence-electron chi connectivity index (χ4n) is 3.09. The summed E-state index contributed by atoms with van der Waals surface area (Å²) in [6.07, 6.45) is 6.15. The first-order valence-electron chi connectivity index (χ1n) is 8.55. The van der Waals surface area contributed by atoms with E-state index in [1.807, 2.05) is 0 Å². The number of aryl methyl sites for hydroxylation is 2. The van der Waals surface area contributed by atoms with Crippen LogP contribution in [0.5, 0.6) is 0 Å². The minimum atomic E-state index is 0.386. The van der Waals surface area contributed by atoms with Gasteiger partial charge in [-0.15, -0.1) is 0 Å². The van der Waals surface area contributed by atoms with E-state index in [1.54, 1.807) is 0 Å². The third-order valence-electron chi connectivity index (χ3n) is 4.35. The molecular formula is C19H32ClN. The molecule has 1 aromatic carbocycles. The molecule has 21 heavy (non-hydrogen) atoms. The van der Waals surface area contributed by atoms with E-state index in [9.17, 15) is 0 Å². The second-order valence-electron chi connectivity index (χ2n) is 6.23. The van der Waals surface area contributed by atoms with Crippen LogP contribution in [0.15, 0.2) is 12.1 Å². The summed E-state index contributed by atoms with van der Waals surface area (Å²) in [4.78, 5) is 0. The number of nitrogens with one attached hydrogen (secondary N) is 1. The van der Waals surface area contributed by atoms with Crippen molar-refractivity contribution < 1.29 is 0 Å². The summed E-state index contributed by atoms with van der Waals surface area (Å²) >= 11 is 6.58. The van der Waals surface area contributed by atoms with Gasteiger partial charge in [0.05, 0.1) is 0 Å². The first kappa shape index (κ1) is 18.5. The lowest BCUT2D eigenvalue weighted by Crippen LogP contribution is -2.29. The lowest BCUT2D eigenvalue weighted by Gasteiger charge is -2.29. The predicted octanol–water partition coefficient (Wildman–Crippen LogP) is 6.21. The van der Waals surface area contributed by atoms with Gasteiger partial charge in [-0.25, -0.2) is 0 Å². The molecule has 0 amide bonds. The highest BCUT2D eigenvalue weighted by molar-refractivity contribution is 6.31. The maximum Gasteiger partial charge on any atom is 0.0456 e. The van der Waals surface area contributed by atoms with Gasteiger partial charge in [-0.2, -0.15) is 0 Å². The van der Waals surface area contributed by atoms with Gasteiger partial charge in [-0.3, -0.25) is 0 Å². The van der Waals surface area contributed by atoms with Gasteiger partial charge in [0, 0.05) is 11.1 Å². The molecule has 1 unspecified atom stereocenters. The Morgan fingerprint density at radius 3 is 2.05 bits per heavy atom. The van der Waals surface area contributed by atoms with Crippen molar-refractivity contribution >= 4 is 11.6 Å². The van der Waals surface area contributed by atoms with E-state index in [-0.39, 0.29) is 0 Å². The summed E-state index contributed by atoms with van der Waals surface area (Å²) in [5.74, 6) is 0.672. The van der Waals surface area contributed by atoms with Crippen LogP contribution in [-0.4, -0.2) is 6.54 Å². The number of rotatable bonds is 9. The highest BCUT2D eigenvalue weighted by Crippen LogP contribution is 2.35. The zero-order chi connectivity index (χ0) is 15.8. The summed E-state index contributed by atoms with van der Waals surface area (Å²) in [5.41, 5.74) is 3.91. The van der Waals surface area contributed by atoms with Crippen molar-refractivity contribution in [1.29, 1.82) is 0 Å². The molecule has 0 spiro atoms. The molecule has 2 heteroatoms. The zero-order valence-corrected chi connectivity index (χ0v) is 15.2. The van der Waals surface area contributed by atoms with Crippen molar-refractivity contribution in [2.75, 3.05) is 6.54 Å². The van der Waals surface area contributed by atoms with Gasteiger partial charge in [-0.05, 0) is 68.3 Å². The predicted molar refractivity (Wildman–Crippen MR) is 95.3 cm³/mol. The van der Waals surface area contributed by atoms with Crippen LogP contribution in [0, 0.1) is 19.8 Å². The van der Waals surface area contributed by atoms with Crippen LogP contribution < -0.4 is 5.32 Å². The molecule has 120 valence electrons. The van der Waals surface area contributed by atoms with Crippen molar-refractivity contribution in [1.82, 2.24) is 5.32 Å². The number of benzene rings is 1. The highest BCUT2D eigenvalue weighted by Gasteiger charge is 2.23. The van der Waals surface area contributed by atoms with Crippen LogP contribution in [0.1, 0.15) is 75.6 Å². The molecule has 0 heterocycles. The molecule has 0 saturated carbocycles. The molecule has 0 aliphatic rings. The quantitative estimate of drug-likeness (QED) is 0.571.